The average Bonchev–Trinajstić information content (AvgIpc) is 3.20. The number of rotatable bonds is 4. The van der Waals surface area contributed by atoms with E-state index in [1.807, 2.05) is 0 Å². The van der Waals surface area contributed by atoms with Gasteiger partial charge in [-0.25, -0.2) is 4.79 Å². The number of phenols is 1. The molecule has 3 aliphatic rings. The summed E-state index contributed by atoms with van der Waals surface area (Å²) in [6.07, 6.45) is -7.38. The molecule has 1 saturated heterocycles. The van der Waals surface area contributed by atoms with Gasteiger partial charge in [0.05, 0.1) is 12.2 Å². The monoisotopic (exact) mass is 551 g/mol. The van der Waals surface area contributed by atoms with Gasteiger partial charge in [0.15, 0.2) is 5.60 Å². The number of anilines is 1. The third kappa shape index (κ3) is 3.96. The van der Waals surface area contributed by atoms with Gasteiger partial charge < -0.3 is 49.8 Å². The Morgan fingerprint density at radius 2 is 1.65 bits per heavy atom. The molecular weight excluding hydrogens is 526 g/mol. The van der Waals surface area contributed by atoms with E-state index in [0.717, 1.165) is 0 Å². The highest BCUT2D eigenvalue weighted by atomic mass is 16.7. The first-order valence-corrected chi connectivity index (χ1v) is 12.4. The summed E-state index contributed by atoms with van der Waals surface area (Å²) in [6, 6.07) is 13.9. The number of hydrogen-bond donors (Lipinski definition) is 6. The molecule has 6 rings (SSSR count). The lowest BCUT2D eigenvalue weighted by Gasteiger charge is -2.40. The molecule has 0 bridgehead atoms. The number of esters is 1. The standard InChI is InChI=1S/C28H25NO11/c1-12(31)29-13-2-5-17-16(8-13)26(36)40-28(17)18-6-3-14(32)9-20(18)38-21-10-15(4-7-19(21)28)37-27-25(35)24(34)23(33)22(11-30)39-27/h2-10,22-25,27,30,32-35H,11H2,1H3,(H,29,31)/t22-,23+,24+,25-,27-,28?/m1/s1. The minimum absolute atomic E-state index is 0.0865. The second kappa shape index (κ2) is 9.47. The van der Waals surface area contributed by atoms with E-state index in [0.29, 0.717) is 22.4 Å². The number of aliphatic hydroxyl groups excluding tert-OH is 4. The van der Waals surface area contributed by atoms with Crippen LogP contribution >= 0.6 is 0 Å². The molecule has 0 radical (unpaired) electrons. The number of nitrogens with one attached hydrogen (secondary N) is 1. The molecule has 1 spiro atoms. The largest absolute Gasteiger partial charge is 0.508 e. The number of ether oxygens (including phenoxy) is 4. The quantitative estimate of drug-likeness (QED) is 0.255. The van der Waals surface area contributed by atoms with Gasteiger partial charge >= 0.3 is 5.97 Å². The maximum Gasteiger partial charge on any atom is 0.340 e. The van der Waals surface area contributed by atoms with E-state index in [1.54, 1.807) is 24.3 Å². The molecule has 1 fully saturated rings. The Kier molecular flexibility index (Phi) is 6.16. The molecule has 3 aromatic rings. The van der Waals surface area contributed by atoms with Crippen molar-refractivity contribution < 1.29 is 54.1 Å². The van der Waals surface area contributed by atoms with Crippen LogP contribution in [0.3, 0.4) is 0 Å². The molecule has 12 nitrogen and oxygen atoms in total. The van der Waals surface area contributed by atoms with Crippen LogP contribution in [0.4, 0.5) is 5.69 Å². The number of phenolic OH excluding ortho intramolecular Hbond substituents is 1. The zero-order valence-corrected chi connectivity index (χ0v) is 21.0. The zero-order valence-electron chi connectivity index (χ0n) is 21.0. The molecule has 1 amide bonds. The molecule has 0 aliphatic carbocycles. The van der Waals surface area contributed by atoms with Crippen molar-refractivity contribution in [3.05, 3.63) is 76.9 Å². The summed E-state index contributed by atoms with van der Waals surface area (Å²) >= 11 is 0. The Morgan fingerprint density at radius 1 is 0.950 bits per heavy atom. The fourth-order valence-corrected chi connectivity index (χ4v) is 5.35. The molecule has 12 heteroatoms. The van der Waals surface area contributed by atoms with Crippen molar-refractivity contribution in [3.63, 3.8) is 0 Å². The number of amides is 1. The topological polar surface area (TPSA) is 184 Å². The van der Waals surface area contributed by atoms with Gasteiger partial charge in [-0.15, -0.1) is 0 Å². The molecule has 6 atom stereocenters. The summed E-state index contributed by atoms with van der Waals surface area (Å²) in [5, 5.41) is 52.8. The Bertz CT molecular complexity index is 1520. The van der Waals surface area contributed by atoms with Gasteiger partial charge in [-0.1, -0.05) is 6.07 Å². The van der Waals surface area contributed by atoms with Crippen LogP contribution in [0, 0.1) is 0 Å². The summed E-state index contributed by atoms with van der Waals surface area (Å²) in [7, 11) is 0. The van der Waals surface area contributed by atoms with Crippen LogP contribution in [-0.4, -0.2) is 74.7 Å². The predicted molar refractivity (Wildman–Crippen MR) is 135 cm³/mol. The van der Waals surface area contributed by atoms with Gasteiger partial charge in [-0.2, -0.15) is 0 Å². The van der Waals surface area contributed by atoms with Crippen molar-refractivity contribution in [3.8, 4) is 23.0 Å². The first kappa shape index (κ1) is 26.0. The minimum Gasteiger partial charge on any atom is -0.508 e. The normalized spacial score (nSPS) is 28.1. The van der Waals surface area contributed by atoms with Crippen molar-refractivity contribution in [2.45, 2.75) is 43.2 Å². The number of aromatic hydroxyl groups is 1. The smallest absolute Gasteiger partial charge is 0.340 e. The van der Waals surface area contributed by atoms with E-state index in [1.165, 1.54) is 37.3 Å². The Balaban J connectivity index is 1.43. The maximum absolute atomic E-state index is 13.2. The van der Waals surface area contributed by atoms with Crippen LogP contribution in [0.15, 0.2) is 54.6 Å². The molecule has 1 unspecified atom stereocenters. The van der Waals surface area contributed by atoms with Crippen molar-refractivity contribution in [1.29, 1.82) is 0 Å². The fourth-order valence-electron chi connectivity index (χ4n) is 5.35. The lowest BCUT2D eigenvalue weighted by Crippen LogP contribution is -2.60. The van der Waals surface area contributed by atoms with Crippen LogP contribution in [0.2, 0.25) is 0 Å². The number of benzene rings is 3. The van der Waals surface area contributed by atoms with E-state index < -0.39 is 48.9 Å². The SMILES string of the molecule is CC(=O)Nc1ccc2c(c1)C(=O)OC21c2ccc(O)cc2Oc2cc(O[C@@H]3O[C@H](CO)[C@H](O)[C@H](O)[C@H]3O)ccc21. The predicted octanol–water partition coefficient (Wildman–Crippen LogP) is 1.10. The molecule has 6 N–H and O–H groups in total. The molecule has 40 heavy (non-hydrogen) atoms. The number of hydrogen-bond acceptors (Lipinski definition) is 11. The first-order chi connectivity index (χ1) is 19.1. The van der Waals surface area contributed by atoms with E-state index in [-0.39, 0.29) is 34.5 Å². The van der Waals surface area contributed by atoms with Crippen molar-refractivity contribution in [2.24, 2.45) is 0 Å². The van der Waals surface area contributed by atoms with Crippen LogP contribution in [0.1, 0.15) is 34.0 Å². The number of fused-ring (bicyclic) bond motifs is 6. The Morgan fingerprint density at radius 3 is 2.38 bits per heavy atom. The molecular formula is C28H25NO11. The fraction of sp³-hybridized carbons (Fsp3) is 0.286. The Hall–Kier alpha value is -4.20. The van der Waals surface area contributed by atoms with Crippen LogP contribution in [0.25, 0.3) is 0 Å². The van der Waals surface area contributed by atoms with Crippen LogP contribution < -0.4 is 14.8 Å². The molecule has 0 saturated carbocycles. The van der Waals surface area contributed by atoms with E-state index in [4.69, 9.17) is 18.9 Å². The molecule has 3 aliphatic heterocycles. The highest BCUT2D eigenvalue weighted by molar-refractivity contribution is 5.99. The number of carbonyl (C=O) groups is 2. The summed E-state index contributed by atoms with van der Waals surface area (Å²) in [5.41, 5.74) is 0.581. The van der Waals surface area contributed by atoms with Crippen molar-refractivity contribution in [2.75, 3.05) is 11.9 Å². The summed E-state index contributed by atoms with van der Waals surface area (Å²) in [6.45, 7) is 0.740. The second-order valence-corrected chi connectivity index (χ2v) is 9.77. The first-order valence-electron chi connectivity index (χ1n) is 12.4. The van der Waals surface area contributed by atoms with Gasteiger partial charge in [0.2, 0.25) is 12.2 Å². The van der Waals surface area contributed by atoms with Gasteiger partial charge in [0.1, 0.15) is 47.4 Å². The molecule has 3 heterocycles. The van der Waals surface area contributed by atoms with E-state index in [9.17, 15) is 35.1 Å². The van der Waals surface area contributed by atoms with Gasteiger partial charge in [0, 0.05) is 41.4 Å². The highest BCUT2D eigenvalue weighted by Crippen LogP contribution is 2.57. The molecule has 208 valence electrons. The van der Waals surface area contributed by atoms with Crippen LogP contribution in [-0.2, 0) is 19.9 Å². The number of aliphatic hydroxyl groups is 4. The van der Waals surface area contributed by atoms with Gasteiger partial charge in [-0.3, -0.25) is 4.79 Å². The highest BCUT2D eigenvalue weighted by Gasteiger charge is 2.54. The minimum atomic E-state index is -1.63. The summed E-state index contributed by atoms with van der Waals surface area (Å²) in [4.78, 5) is 24.8. The average molecular weight is 552 g/mol. The lowest BCUT2D eigenvalue weighted by molar-refractivity contribution is -0.277. The third-order valence-corrected chi connectivity index (χ3v) is 7.18. The summed E-state index contributed by atoms with van der Waals surface area (Å²) < 4.78 is 23.4. The molecule has 0 aromatic heterocycles. The van der Waals surface area contributed by atoms with Gasteiger partial charge in [0.25, 0.3) is 0 Å². The maximum atomic E-state index is 13.2. The third-order valence-electron chi connectivity index (χ3n) is 7.18. The van der Waals surface area contributed by atoms with Gasteiger partial charge in [-0.05, 0) is 36.4 Å². The lowest BCUT2D eigenvalue weighted by atomic mass is 9.77. The van der Waals surface area contributed by atoms with E-state index >= 15 is 0 Å². The zero-order chi connectivity index (χ0) is 28.3. The second-order valence-electron chi connectivity index (χ2n) is 9.77. The Labute approximate surface area is 226 Å². The van der Waals surface area contributed by atoms with Crippen LogP contribution in [0.5, 0.6) is 23.0 Å². The van der Waals surface area contributed by atoms with Crippen molar-refractivity contribution in [1.82, 2.24) is 0 Å². The summed E-state index contributed by atoms with van der Waals surface area (Å²) in [5.74, 6) is -0.471. The number of carbonyl (C=O) groups excluding carboxylic acids is 2. The van der Waals surface area contributed by atoms with E-state index in [2.05, 4.69) is 5.32 Å². The van der Waals surface area contributed by atoms with Crippen molar-refractivity contribution >= 4 is 17.6 Å². The molecule has 3 aromatic carbocycles.